The molecule has 3 aromatic carbocycles. The number of rotatable bonds is 4. The van der Waals surface area contributed by atoms with Crippen molar-refractivity contribution in [2.24, 2.45) is 0 Å². The van der Waals surface area contributed by atoms with E-state index in [1.807, 2.05) is 31.2 Å². The molecule has 2 amide bonds. The molecule has 4 rings (SSSR count). The van der Waals surface area contributed by atoms with Crippen LogP contribution >= 0.6 is 11.6 Å². The molecule has 0 unspecified atom stereocenters. The SMILES string of the molecule is Cc1ccc(C(=O)N[C@H]2C(=O)N/[N+](=C\c3ccc(F)cc3)[C@H]2c2ccc(Cl)cc2)cc1. The molecule has 0 bridgehead atoms. The Morgan fingerprint density at radius 2 is 1.68 bits per heavy atom. The van der Waals surface area contributed by atoms with Crippen molar-refractivity contribution in [2.75, 3.05) is 0 Å². The lowest BCUT2D eigenvalue weighted by molar-refractivity contribution is -0.596. The number of nitrogens with one attached hydrogen (secondary N) is 2. The summed E-state index contributed by atoms with van der Waals surface area (Å²) in [5.41, 5.74) is 5.78. The fraction of sp³-hybridized carbons (Fsp3) is 0.125. The molecule has 5 nitrogen and oxygen atoms in total. The van der Waals surface area contributed by atoms with Gasteiger partial charge < -0.3 is 5.32 Å². The number of hydrazine groups is 1. The molecule has 0 saturated carbocycles. The summed E-state index contributed by atoms with van der Waals surface area (Å²) in [5.74, 6) is -1.04. The Bertz CT molecular complexity index is 1140. The number of amides is 2. The second kappa shape index (κ2) is 8.70. The molecule has 156 valence electrons. The lowest BCUT2D eigenvalue weighted by atomic mass is 9.99. The zero-order chi connectivity index (χ0) is 22.0. The first-order valence-electron chi connectivity index (χ1n) is 9.73. The molecule has 1 heterocycles. The molecule has 0 spiro atoms. The minimum Gasteiger partial charge on any atom is -0.334 e. The van der Waals surface area contributed by atoms with Crippen molar-refractivity contribution >= 4 is 29.6 Å². The summed E-state index contributed by atoms with van der Waals surface area (Å²) in [5, 5.41) is 3.41. The number of carbonyl (C=O) groups is 2. The summed E-state index contributed by atoms with van der Waals surface area (Å²) in [6, 6.07) is 18.7. The molecule has 2 atom stereocenters. The predicted octanol–water partition coefficient (Wildman–Crippen LogP) is 3.80. The highest BCUT2D eigenvalue weighted by molar-refractivity contribution is 6.30. The highest BCUT2D eigenvalue weighted by atomic mass is 35.5. The average molecular weight is 437 g/mol. The lowest BCUT2D eigenvalue weighted by Crippen LogP contribution is -2.42. The van der Waals surface area contributed by atoms with Gasteiger partial charge in [-0.1, -0.05) is 41.4 Å². The van der Waals surface area contributed by atoms with Gasteiger partial charge in [-0.2, -0.15) is 0 Å². The van der Waals surface area contributed by atoms with Crippen molar-refractivity contribution in [1.82, 2.24) is 10.7 Å². The van der Waals surface area contributed by atoms with Crippen LogP contribution in [0.2, 0.25) is 5.02 Å². The highest BCUT2D eigenvalue weighted by Gasteiger charge is 2.47. The first-order chi connectivity index (χ1) is 14.9. The quantitative estimate of drug-likeness (QED) is 0.611. The maximum absolute atomic E-state index is 13.3. The van der Waals surface area contributed by atoms with E-state index in [2.05, 4.69) is 10.7 Å². The van der Waals surface area contributed by atoms with Crippen LogP contribution in [0.1, 0.15) is 33.1 Å². The molecule has 7 heteroatoms. The van der Waals surface area contributed by atoms with Gasteiger partial charge in [-0.15, -0.1) is 10.1 Å². The van der Waals surface area contributed by atoms with E-state index in [1.165, 1.54) is 12.1 Å². The Labute approximate surface area is 184 Å². The Kier molecular flexibility index (Phi) is 5.82. The molecule has 1 saturated heterocycles. The standard InChI is InChI=1S/C24H19ClFN3O2/c1-15-2-6-18(7-3-15)23(30)27-21-22(17-8-10-19(25)11-9-17)29(28-24(21)31)14-16-4-12-20(26)13-5-16/h2-14,21-22H,1H3,(H-,27,28,30,31)/p+1/b29-14-/t21-,22+/m1/s1. The molecule has 2 N–H and O–H groups in total. The third-order valence-corrected chi connectivity index (χ3v) is 5.36. The van der Waals surface area contributed by atoms with Crippen molar-refractivity contribution in [2.45, 2.75) is 19.0 Å². The van der Waals surface area contributed by atoms with Gasteiger partial charge in [-0.05, 0) is 55.5 Å². The Hall–Kier alpha value is -3.51. The van der Waals surface area contributed by atoms with Crippen LogP contribution in [0.5, 0.6) is 0 Å². The number of hydrazone groups is 1. The van der Waals surface area contributed by atoms with Crippen molar-refractivity contribution in [3.63, 3.8) is 0 Å². The molecule has 0 aliphatic carbocycles. The van der Waals surface area contributed by atoms with Gasteiger partial charge in [-0.25, -0.2) is 4.39 Å². The van der Waals surface area contributed by atoms with Crippen LogP contribution in [0, 0.1) is 12.7 Å². The molecule has 0 radical (unpaired) electrons. The largest absolute Gasteiger partial charge is 0.334 e. The van der Waals surface area contributed by atoms with Gasteiger partial charge in [0.15, 0.2) is 6.04 Å². The number of hydrogen-bond acceptors (Lipinski definition) is 2. The Balaban J connectivity index is 1.69. The normalized spacial score (nSPS) is 19.3. The third-order valence-electron chi connectivity index (χ3n) is 5.11. The van der Waals surface area contributed by atoms with Gasteiger partial charge in [0.25, 0.3) is 5.91 Å². The third kappa shape index (κ3) is 4.64. The highest BCUT2D eigenvalue weighted by Crippen LogP contribution is 2.26. The van der Waals surface area contributed by atoms with Gasteiger partial charge in [0.1, 0.15) is 5.82 Å². The number of aryl methyl sites for hydroxylation is 1. The molecule has 1 aliphatic heterocycles. The van der Waals surface area contributed by atoms with Crippen LogP contribution in [0.4, 0.5) is 4.39 Å². The van der Waals surface area contributed by atoms with E-state index in [-0.39, 0.29) is 17.6 Å². The van der Waals surface area contributed by atoms with Crippen LogP contribution in [0.15, 0.2) is 72.8 Å². The summed E-state index contributed by atoms with van der Waals surface area (Å²) in [6.07, 6.45) is 1.70. The molecule has 3 aromatic rings. The minimum absolute atomic E-state index is 0.345. The fourth-order valence-electron chi connectivity index (χ4n) is 3.48. The zero-order valence-electron chi connectivity index (χ0n) is 16.7. The first kappa shape index (κ1) is 20.8. The summed E-state index contributed by atoms with van der Waals surface area (Å²) >= 11 is 6.03. The number of hydrogen-bond donors (Lipinski definition) is 2. The van der Waals surface area contributed by atoms with Crippen LogP contribution in [-0.4, -0.2) is 28.8 Å². The van der Waals surface area contributed by atoms with E-state index in [0.29, 0.717) is 16.1 Å². The molecule has 1 aliphatic rings. The van der Waals surface area contributed by atoms with Crippen LogP contribution in [0.25, 0.3) is 0 Å². The van der Waals surface area contributed by atoms with Gasteiger partial charge in [0, 0.05) is 21.7 Å². The van der Waals surface area contributed by atoms with E-state index in [9.17, 15) is 14.0 Å². The maximum atomic E-state index is 13.3. The Morgan fingerprint density at radius 1 is 1.03 bits per heavy atom. The average Bonchev–Trinajstić information content (AvgIpc) is 3.05. The zero-order valence-corrected chi connectivity index (χ0v) is 17.4. The van der Waals surface area contributed by atoms with E-state index < -0.39 is 12.1 Å². The lowest BCUT2D eigenvalue weighted by Gasteiger charge is -2.15. The van der Waals surface area contributed by atoms with E-state index in [0.717, 1.165) is 11.1 Å². The van der Waals surface area contributed by atoms with E-state index >= 15 is 0 Å². The second-order valence-electron chi connectivity index (χ2n) is 7.38. The summed E-state index contributed by atoms with van der Waals surface area (Å²) in [7, 11) is 0. The van der Waals surface area contributed by atoms with Crippen molar-refractivity contribution < 1.29 is 18.7 Å². The van der Waals surface area contributed by atoms with Crippen molar-refractivity contribution in [3.05, 3.63) is 106 Å². The molecular weight excluding hydrogens is 417 g/mol. The number of benzene rings is 3. The number of halogens is 2. The van der Waals surface area contributed by atoms with E-state index in [4.69, 9.17) is 11.6 Å². The number of carbonyl (C=O) groups excluding carboxylic acids is 2. The fourth-order valence-corrected chi connectivity index (χ4v) is 3.61. The monoisotopic (exact) mass is 436 g/mol. The van der Waals surface area contributed by atoms with Crippen molar-refractivity contribution in [1.29, 1.82) is 0 Å². The van der Waals surface area contributed by atoms with Gasteiger partial charge in [-0.3, -0.25) is 9.59 Å². The molecular formula is C24H20ClFN3O2+. The van der Waals surface area contributed by atoms with Crippen LogP contribution in [-0.2, 0) is 4.79 Å². The van der Waals surface area contributed by atoms with Gasteiger partial charge in [0.2, 0.25) is 12.3 Å². The van der Waals surface area contributed by atoms with Crippen LogP contribution < -0.4 is 10.7 Å². The van der Waals surface area contributed by atoms with Gasteiger partial charge >= 0.3 is 5.91 Å². The summed E-state index contributed by atoms with van der Waals surface area (Å²) < 4.78 is 14.9. The first-order valence-corrected chi connectivity index (χ1v) is 10.1. The van der Waals surface area contributed by atoms with Gasteiger partial charge in [0.05, 0.1) is 0 Å². The predicted molar refractivity (Wildman–Crippen MR) is 117 cm³/mol. The van der Waals surface area contributed by atoms with Crippen LogP contribution in [0.3, 0.4) is 0 Å². The van der Waals surface area contributed by atoms with Crippen molar-refractivity contribution in [3.8, 4) is 0 Å². The number of nitrogens with zero attached hydrogens (tertiary/aromatic N) is 1. The summed E-state index contributed by atoms with van der Waals surface area (Å²) in [6.45, 7) is 1.94. The Morgan fingerprint density at radius 3 is 2.32 bits per heavy atom. The smallest absolute Gasteiger partial charge is 0.304 e. The second-order valence-corrected chi connectivity index (χ2v) is 7.81. The minimum atomic E-state index is -0.841. The molecule has 1 fully saturated rings. The maximum Gasteiger partial charge on any atom is 0.304 e. The van der Waals surface area contributed by atoms with E-state index in [1.54, 1.807) is 47.3 Å². The molecule has 31 heavy (non-hydrogen) atoms. The summed E-state index contributed by atoms with van der Waals surface area (Å²) in [4.78, 5) is 25.6. The topological polar surface area (TPSA) is 61.2 Å². The molecule has 0 aromatic heterocycles.